The van der Waals surface area contributed by atoms with E-state index in [9.17, 15) is 0 Å². The van der Waals surface area contributed by atoms with Gasteiger partial charge in [0.15, 0.2) is 5.96 Å². The quantitative estimate of drug-likeness (QED) is 0.634. The Balaban J connectivity index is 1.66. The van der Waals surface area contributed by atoms with E-state index in [1.807, 2.05) is 24.0 Å². The second-order valence-corrected chi connectivity index (χ2v) is 6.49. The van der Waals surface area contributed by atoms with Crippen LogP contribution in [-0.2, 0) is 19.0 Å². The molecule has 0 atom stereocenters. The van der Waals surface area contributed by atoms with Crippen LogP contribution in [0.2, 0.25) is 0 Å². The van der Waals surface area contributed by atoms with Gasteiger partial charge in [-0.25, -0.2) is 4.99 Å². The fourth-order valence-electron chi connectivity index (χ4n) is 3.27. The molecule has 0 unspecified atom stereocenters. The van der Waals surface area contributed by atoms with E-state index in [1.54, 1.807) is 0 Å². The van der Waals surface area contributed by atoms with Crippen molar-refractivity contribution in [2.75, 3.05) is 13.1 Å². The molecule has 5 heteroatoms. The van der Waals surface area contributed by atoms with E-state index in [0.717, 1.165) is 24.7 Å². The van der Waals surface area contributed by atoms with Gasteiger partial charge in [0.05, 0.1) is 12.2 Å². The highest BCUT2D eigenvalue weighted by atomic mass is 15.3. The number of nitrogens with zero attached hydrogens (tertiary/aromatic N) is 3. The smallest absolute Gasteiger partial charge is 0.191 e. The molecule has 2 aromatic rings. The standard InChI is InChI=1S/C19H27N5/c1-3-20-18(21-14-17-10-13-23-24(17)2)22-15-19(11-7-12-19)16-8-5-4-6-9-16/h4-6,8-10,13H,3,7,11-12,14-15H2,1-2H3,(H2,20,21,22). The monoisotopic (exact) mass is 325 g/mol. The Bertz CT molecular complexity index is 670. The third-order valence-corrected chi connectivity index (χ3v) is 4.96. The first-order valence-corrected chi connectivity index (χ1v) is 8.78. The van der Waals surface area contributed by atoms with Crippen LogP contribution < -0.4 is 10.6 Å². The Morgan fingerprint density at radius 2 is 2.00 bits per heavy atom. The summed E-state index contributed by atoms with van der Waals surface area (Å²) in [5, 5.41) is 11.1. The van der Waals surface area contributed by atoms with Crippen molar-refractivity contribution in [3.8, 4) is 0 Å². The van der Waals surface area contributed by atoms with Crippen molar-refractivity contribution in [1.82, 2.24) is 20.4 Å². The number of hydrogen-bond donors (Lipinski definition) is 2. The lowest BCUT2D eigenvalue weighted by atomic mass is 9.64. The van der Waals surface area contributed by atoms with E-state index in [4.69, 9.17) is 4.99 Å². The molecule has 1 saturated carbocycles. The van der Waals surface area contributed by atoms with Gasteiger partial charge < -0.3 is 10.6 Å². The molecule has 0 aliphatic heterocycles. The largest absolute Gasteiger partial charge is 0.357 e. The van der Waals surface area contributed by atoms with Crippen molar-refractivity contribution in [3.63, 3.8) is 0 Å². The fraction of sp³-hybridized carbons (Fsp3) is 0.474. The average Bonchev–Trinajstić information content (AvgIpc) is 2.97. The van der Waals surface area contributed by atoms with Crippen LogP contribution in [0.5, 0.6) is 0 Å². The third-order valence-electron chi connectivity index (χ3n) is 4.96. The van der Waals surface area contributed by atoms with E-state index in [-0.39, 0.29) is 5.41 Å². The topological polar surface area (TPSA) is 54.2 Å². The van der Waals surface area contributed by atoms with Gasteiger partial charge in [0.2, 0.25) is 0 Å². The van der Waals surface area contributed by atoms with Crippen molar-refractivity contribution in [2.45, 2.75) is 38.1 Å². The van der Waals surface area contributed by atoms with Crippen molar-refractivity contribution in [2.24, 2.45) is 12.0 Å². The van der Waals surface area contributed by atoms with Gasteiger partial charge in [-0.2, -0.15) is 5.10 Å². The van der Waals surface area contributed by atoms with Crippen molar-refractivity contribution >= 4 is 5.96 Å². The summed E-state index contributed by atoms with van der Waals surface area (Å²) in [5.41, 5.74) is 2.80. The van der Waals surface area contributed by atoms with Crippen molar-refractivity contribution in [1.29, 1.82) is 0 Å². The van der Waals surface area contributed by atoms with Crippen LogP contribution in [0, 0.1) is 0 Å². The fourth-order valence-corrected chi connectivity index (χ4v) is 3.27. The van der Waals surface area contributed by atoms with Gasteiger partial charge >= 0.3 is 0 Å². The van der Waals surface area contributed by atoms with Gasteiger partial charge in [0.1, 0.15) is 0 Å². The third kappa shape index (κ3) is 3.61. The lowest BCUT2D eigenvalue weighted by Crippen LogP contribution is -2.48. The van der Waals surface area contributed by atoms with Gasteiger partial charge in [-0.3, -0.25) is 4.68 Å². The number of aryl methyl sites for hydroxylation is 1. The van der Waals surface area contributed by atoms with Crippen molar-refractivity contribution < 1.29 is 0 Å². The van der Waals surface area contributed by atoms with E-state index >= 15 is 0 Å². The van der Waals surface area contributed by atoms with Gasteiger partial charge in [-0.1, -0.05) is 36.8 Å². The van der Waals surface area contributed by atoms with E-state index in [2.05, 4.69) is 53.0 Å². The molecule has 1 fully saturated rings. The molecule has 1 aliphatic carbocycles. The first kappa shape index (κ1) is 16.6. The number of nitrogens with one attached hydrogen (secondary N) is 2. The molecule has 2 N–H and O–H groups in total. The molecule has 1 aliphatic rings. The molecule has 1 heterocycles. The molecule has 3 rings (SSSR count). The molecule has 5 nitrogen and oxygen atoms in total. The predicted molar refractivity (Wildman–Crippen MR) is 98.0 cm³/mol. The van der Waals surface area contributed by atoms with Crippen LogP contribution in [0.1, 0.15) is 37.4 Å². The Morgan fingerprint density at radius 3 is 2.58 bits per heavy atom. The zero-order chi connectivity index (χ0) is 16.8. The SMILES string of the molecule is CCNC(=NCc1ccnn1C)NCC1(c2ccccc2)CCC1. The summed E-state index contributed by atoms with van der Waals surface area (Å²) in [6, 6.07) is 12.9. The summed E-state index contributed by atoms with van der Waals surface area (Å²) >= 11 is 0. The molecule has 1 aromatic carbocycles. The second-order valence-electron chi connectivity index (χ2n) is 6.49. The summed E-state index contributed by atoms with van der Waals surface area (Å²) in [4.78, 5) is 4.71. The lowest BCUT2D eigenvalue weighted by Gasteiger charge is -2.43. The highest BCUT2D eigenvalue weighted by molar-refractivity contribution is 5.79. The Kier molecular flexibility index (Phi) is 5.18. The molecule has 0 bridgehead atoms. The summed E-state index contributed by atoms with van der Waals surface area (Å²) < 4.78 is 1.87. The molecule has 0 radical (unpaired) electrons. The molecule has 1 aromatic heterocycles. The minimum absolute atomic E-state index is 0.254. The maximum Gasteiger partial charge on any atom is 0.191 e. The lowest BCUT2D eigenvalue weighted by molar-refractivity contribution is 0.244. The zero-order valence-corrected chi connectivity index (χ0v) is 14.6. The van der Waals surface area contributed by atoms with E-state index in [1.165, 1.54) is 24.8 Å². The highest BCUT2D eigenvalue weighted by Crippen LogP contribution is 2.43. The normalized spacial score (nSPS) is 16.5. The average molecular weight is 325 g/mol. The minimum Gasteiger partial charge on any atom is -0.357 e. The van der Waals surface area contributed by atoms with Gasteiger partial charge in [-0.05, 0) is 31.4 Å². The molecule has 24 heavy (non-hydrogen) atoms. The molecule has 128 valence electrons. The first-order valence-electron chi connectivity index (χ1n) is 8.78. The van der Waals surface area contributed by atoms with Gasteiger partial charge in [-0.15, -0.1) is 0 Å². The second kappa shape index (κ2) is 7.51. The molecule has 0 saturated heterocycles. The van der Waals surface area contributed by atoms with E-state index < -0.39 is 0 Å². The number of aliphatic imine (C=N–C) groups is 1. The Hall–Kier alpha value is -2.30. The van der Waals surface area contributed by atoms with Crippen LogP contribution in [-0.4, -0.2) is 28.8 Å². The van der Waals surface area contributed by atoms with Crippen LogP contribution in [0.3, 0.4) is 0 Å². The number of aromatic nitrogens is 2. The predicted octanol–water partition coefficient (Wildman–Crippen LogP) is 2.60. The van der Waals surface area contributed by atoms with Crippen LogP contribution in [0.4, 0.5) is 0 Å². The molecule has 0 amide bonds. The molecular formula is C19H27N5. The molecule has 0 spiro atoms. The Morgan fingerprint density at radius 1 is 1.21 bits per heavy atom. The van der Waals surface area contributed by atoms with E-state index in [0.29, 0.717) is 6.54 Å². The van der Waals surface area contributed by atoms with Crippen LogP contribution in [0.15, 0.2) is 47.6 Å². The number of guanidine groups is 1. The van der Waals surface area contributed by atoms with Crippen LogP contribution >= 0.6 is 0 Å². The zero-order valence-electron chi connectivity index (χ0n) is 14.6. The minimum atomic E-state index is 0.254. The summed E-state index contributed by atoms with van der Waals surface area (Å²) in [5.74, 6) is 0.876. The van der Waals surface area contributed by atoms with Gasteiger partial charge in [0, 0.05) is 31.7 Å². The Labute approximate surface area is 144 Å². The van der Waals surface area contributed by atoms with Gasteiger partial charge in [0.25, 0.3) is 0 Å². The molecular weight excluding hydrogens is 298 g/mol. The van der Waals surface area contributed by atoms with Crippen molar-refractivity contribution in [3.05, 3.63) is 53.9 Å². The summed E-state index contributed by atoms with van der Waals surface area (Å²) in [6.45, 7) is 4.51. The maximum atomic E-state index is 4.71. The maximum absolute atomic E-state index is 4.71. The van der Waals surface area contributed by atoms with Crippen LogP contribution in [0.25, 0.3) is 0 Å². The first-order chi connectivity index (χ1) is 11.7. The number of benzene rings is 1. The number of hydrogen-bond acceptors (Lipinski definition) is 2. The number of rotatable bonds is 6. The summed E-state index contributed by atoms with van der Waals surface area (Å²) in [6.07, 6.45) is 5.60. The highest BCUT2D eigenvalue weighted by Gasteiger charge is 2.38. The summed E-state index contributed by atoms with van der Waals surface area (Å²) in [7, 11) is 1.95.